The molecule has 18 heavy (non-hydrogen) atoms. The first kappa shape index (κ1) is 12.0. The quantitative estimate of drug-likeness (QED) is 0.582. The molecule has 0 spiro atoms. The van der Waals surface area contributed by atoms with Crippen LogP contribution in [0.1, 0.15) is 55.6 Å². The minimum atomic E-state index is 0.869. The molecule has 1 N–H and O–H groups in total. The molecular formula is C17H23N. The molecule has 3 rings (SSSR count). The molecule has 0 aromatic heterocycles. The Hall–Kier alpha value is -1.08. The zero-order valence-electron chi connectivity index (χ0n) is 11.1. The van der Waals surface area contributed by atoms with E-state index < -0.39 is 0 Å². The van der Waals surface area contributed by atoms with Crippen molar-refractivity contribution < 1.29 is 0 Å². The van der Waals surface area contributed by atoms with E-state index in [4.69, 9.17) is 0 Å². The molecular weight excluding hydrogens is 218 g/mol. The van der Waals surface area contributed by atoms with Gasteiger partial charge in [-0.3, -0.25) is 0 Å². The van der Waals surface area contributed by atoms with Crippen LogP contribution >= 0.6 is 0 Å². The summed E-state index contributed by atoms with van der Waals surface area (Å²) in [4.78, 5) is 0. The van der Waals surface area contributed by atoms with Crippen molar-refractivity contribution in [3.8, 4) is 0 Å². The Morgan fingerprint density at radius 3 is 2.94 bits per heavy atom. The molecule has 0 atom stereocenters. The third-order valence-electron chi connectivity index (χ3n) is 4.09. The SMILES string of the molecule is C1=C(CCNCc2cccc(C3CC3)c2)CCC1. The molecule has 1 aromatic rings. The van der Waals surface area contributed by atoms with Crippen LogP contribution in [0, 0.1) is 0 Å². The Labute approximate surface area is 110 Å². The fourth-order valence-electron chi connectivity index (χ4n) is 2.82. The van der Waals surface area contributed by atoms with Crippen molar-refractivity contribution in [2.24, 2.45) is 0 Å². The molecule has 1 saturated carbocycles. The van der Waals surface area contributed by atoms with Crippen molar-refractivity contribution in [3.63, 3.8) is 0 Å². The van der Waals surface area contributed by atoms with Gasteiger partial charge in [0.25, 0.3) is 0 Å². The van der Waals surface area contributed by atoms with Crippen LogP contribution in [-0.2, 0) is 6.54 Å². The Morgan fingerprint density at radius 1 is 1.22 bits per heavy atom. The minimum Gasteiger partial charge on any atom is -0.312 e. The van der Waals surface area contributed by atoms with Crippen molar-refractivity contribution in [1.82, 2.24) is 5.32 Å². The zero-order chi connectivity index (χ0) is 12.2. The highest BCUT2D eigenvalue weighted by Crippen LogP contribution is 2.40. The summed E-state index contributed by atoms with van der Waals surface area (Å²) in [6.07, 6.45) is 10.5. The summed E-state index contributed by atoms with van der Waals surface area (Å²) in [6, 6.07) is 9.13. The topological polar surface area (TPSA) is 12.0 Å². The molecule has 0 radical (unpaired) electrons. The summed E-state index contributed by atoms with van der Waals surface area (Å²) >= 11 is 0. The molecule has 2 aliphatic carbocycles. The van der Waals surface area contributed by atoms with Crippen LogP contribution in [0.4, 0.5) is 0 Å². The predicted molar refractivity (Wildman–Crippen MR) is 76.7 cm³/mol. The maximum absolute atomic E-state index is 3.57. The van der Waals surface area contributed by atoms with Crippen LogP contribution < -0.4 is 5.32 Å². The fourth-order valence-corrected chi connectivity index (χ4v) is 2.82. The van der Waals surface area contributed by atoms with E-state index in [9.17, 15) is 0 Å². The Bertz CT molecular complexity index is 429. The predicted octanol–water partition coefficient (Wildman–Crippen LogP) is 4.15. The molecule has 0 heterocycles. The molecule has 2 aliphatic rings. The Balaban J connectivity index is 1.43. The average Bonchev–Trinajstić information content (AvgIpc) is 3.13. The zero-order valence-corrected chi connectivity index (χ0v) is 11.1. The number of hydrogen-bond acceptors (Lipinski definition) is 1. The summed E-state index contributed by atoms with van der Waals surface area (Å²) in [5.74, 6) is 0.869. The molecule has 1 aromatic carbocycles. The van der Waals surface area contributed by atoms with Crippen LogP contribution in [0.2, 0.25) is 0 Å². The van der Waals surface area contributed by atoms with Crippen molar-refractivity contribution in [1.29, 1.82) is 0 Å². The second kappa shape index (κ2) is 5.71. The summed E-state index contributed by atoms with van der Waals surface area (Å²) in [7, 11) is 0. The molecule has 0 unspecified atom stereocenters. The van der Waals surface area contributed by atoms with Gasteiger partial charge in [-0.05, 0) is 62.1 Å². The number of rotatable bonds is 6. The van der Waals surface area contributed by atoms with Crippen LogP contribution in [0.5, 0.6) is 0 Å². The summed E-state index contributed by atoms with van der Waals surface area (Å²) in [5, 5.41) is 3.57. The van der Waals surface area contributed by atoms with E-state index in [1.54, 1.807) is 11.1 Å². The second-order valence-electron chi connectivity index (χ2n) is 5.70. The lowest BCUT2D eigenvalue weighted by atomic mass is 10.1. The highest BCUT2D eigenvalue weighted by Gasteiger charge is 2.23. The third kappa shape index (κ3) is 3.23. The standard InChI is InChI=1S/C17H23N/c1-2-5-14(4-1)10-11-18-13-15-6-3-7-17(12-15)16-8-9-16/h3-4,6-7,12,16,18H,1-2,5,8-11,13H2. The van der Waals surface area contributed by atoms with E-state index in [2.05, 4.69) is 35.7 Å². The van der Waals surface area contributed by atoms with E-state index in [1.807, 2.05) is 0 Å². The van der Waals surface area contributed by atoms with Crippen molar-refractivity contribution in [3.05, 3.63) is 47.0 Å². The van der Waals surface area contributed by atoms with Crippen molar-refractivity contribution in [2.75, 3.05) is 6.54 Å². The lowest BCUT2D eigenvalue weighted by Crippen LogP contribution is -2.15. The third-order valence-corrected chi connectivity index (χ3v) is 4.09. The van der Waals surface area contributed by atoms with Crippen LogP contribution in [0.25, 0.3) is 0 Å². The molecule has 0 bridgehead atoms. The first-order valence-corrected chi connectivity index (χ1v) is 7.39. The van der Waals surface area contributed by atoms with Crippen molar-refractivity contribution in [2.45, 2.75) is 51.0 Å². The van der Waals surface area contributed by atoms with Crippen LogP contribution in [-0.4, -0.2) is 6.54 Å². The lowest BCUT2D eigenvalue weighted by Gasteiger charge is -2.07. The Kier molecular flexibility index (Phi) is 3.80. The van der Waals surface area contributed by atoms with Gasteiger partial charge in [-0.2, -0.15) is 0 Å². The molecule has 1 heteroatoms. The number of hydrogen-bond donors (Lipinski definition) is 1. The molecule has 0 aliphatic heterocycles. The maximum Gasteiger partial charge on any atom is 0.0205 e. The van der Waals surface area contributed by atoms with Crippen molar-refractivity contribution >= 4 is 0 Å². The summed E-state index contributed by atoms with van der Waals surface area (Å²) in [5.41, 5.74) is 4.65. The van der Waals surface area contributed by atoms with Gasteiger partial charge in [-0.25, -0.2) is 0 Å². The first-order chi connectivity index (χ1) is 8.92. The van der Waals surface area contributed by atoms with Crippen LogP contribution in [0.3, 0.4) is 0 Å². The lowest BCUT2D eigenvalue weighted by molar-refractivity contribution is 0.675. The van der Waals surface area contributed by atoms with E-state index in [0.29, 0.717) is 0 Å². The van der Waals surface area contributed by atoms with E-state index >= 15 is 0 Å². The molecule has 1 nitrogen and oxygen atoms in total. The van der Waals surface area contributed by atoms with Gasteiger partial charge >= 0.3 is 0 Å². The molecule has 1 fully saturated rings. The number of nitrogens with one attached hydrogen (secondary N) is 1. The molecule has 96 valence electrons. The molecule has 0 saturated heterocycles. The summed E-state index contributed by atoms with van der Waals surface area (Å²) < 4.78 is 0. The summed E-state index contributed by atoms with van der Waals surface area (Å²) in [6.45, 7) is 2.15. The monoisotopic (exact) mass is 241 g/mol. The largest absolute Gasteiger partial charge is 0.312 e. The van der Waals surface area contributed by atoms with Gasteiger partial charge in [-0.1, -0.05) is 35.9 Å². The minimum absolute atomic E-state index is 0.869. The van der Waals surface area contributed by atoms with E-state index in [1.165, 1.54) is 44.1 Å². The van der Waals surface area contributed by atoms with Gasteiger partial charge in [0.1, 0.15) is 0 Å². The Morgan fingerprint density at radius 2 is 2.17 bits per heavy atom. The molecule has 0 amide bonds. The smallest absolute Gasteiger partial charge is 0.0205 e. The number of allylic oxidation sites excluding steroid dienone is 1. The maximum atomic E-state index is 3.57. The van der Waals surface area contributed by atoms with Gasteiger partial charge < -0.3 is 5.32 Å². The van der Waals surface area contributed by atoms with Gasteiger partial charge in [-0.15, -0.1) is 0 Å². The van der Waals surface area contributed by atoms with Gasteiger partial charge in [0.15, 0.2) is 0 Å². The fraction of sp³-hybridized carbons (Fsp3) is 0.529. The first-order valence-electron chi connectivity index (χ1n) is 7.39. The van der Waals surface area contributed by atoms with Gasteiger partial charge in [0.05, 0.1) is 0 Å². The highest BCUT2D eigenvalue weighted by molar-refractivity contribution is 5.29. The van der Waals surface area contributed by atoms with E-state index in [-0.39, 0.29) is 0 Å². The average molecular weight is 241 g/mol. The second-order valence-corrected chi connectivity index (χ2v) is 5.70. The number of benzene rings is 1. The van der Waals surface area contributed by atoms with E-state index in [0.717, 1.165) is 19.0 Å². The van der Waals surface area contributed by atoms with Gasteiger partial charge in [0.2, 0.25) is 0 Å². The van der Waals surface area contributed by atoms with Crippen LogP contribution in [0.15, 0.2) is 35.9 Å². The highest BCUT2D eigenvalue weighted by atomic mass is 14.8. The van der Waals surface area contributed by atoms with Gasteiger partial charge in [0, 0.05) is 6.54 Å². The normalized spacial score (nSPS) is 19.0.